The maximum atomic E-state index is 13.2. The Kier molecular flexibility index (Phi) is 6.00. The van der Waals surface area contributed by atoms with Crippen molar-refractivity contribution in [2.75, 3.05) is 12.4 Å². The molecule has 28 heavy (non-hydrogen) atoms. The Morgan fingerprint density at radius 1 is 1.18 bits per heavy atom. The molecule has 0 saturated carbocycles. The largest absolute Gasteiger partial charge is 0.497 e. The summed E-state index contributed by atoms with van der Waals surface area (Å²) in [5.41, 5.74) is 1.23. The van der Waals surface area contributed by atoms with Crippen LogP contribution in [0, 0.1) is 5.82 Å². The van der Waals surface area contributed by atoms with Gasteiger partial charge in [-0.05, 0) is 49.4 Å². The molecule has 0 aliphatic heterocycles. The van der Waals surface area contributed by atoms with Crippen molar-refractivity contribution in [3.05, 3.63) is 65.4 Å². The van der Waals surface area contributed by atoms with E-state index in [0.717, 1.165) is 11.3 Å². The molecule has 144 valence electrons. The molecule has 1 amide bonds. The molecule has 3 rings (SSSR count). The van der Waals surface area contributed by atoms with E-state index in [1.54, 1.807) is 24.6 Å². The number of methoxy groups -OCH3 is 1. The molecule has 0 aliphatic carbocycles. The number of nitrogens with zero attached hydrogens (tertiary/aromatic N) is 1. The second-order valence-electron chi connectivity index (χ2n) is 5.81. The zero-order chi connectivity index (χ0) is 20.1. The molecule has 1 N–H and O–H groups in total. The molecule has 8 heteroatoms. The van der Waals surface area contributed by atoms with Crippen molar-refractivity contribution in [3.8, 4) is 16.3 Å². The first-order valence-corrected chi connectivity index (χ1v) is 9.21. The van der Waals surface area contributed by atoms with E-state index in [2.05, 4.69) is 10.3 Å². The van der Waals surface area contributed by atoms with E-state index in [1.807, 2.05) is 12.1 Å². The molecule has 0 saturated heterocycles. The quantitative estimate of drug-likeness (QED) is 0.629. The van der Waals surface area contributed by atoms with Crippen LogP contribution in [0.25, 0.3) is 10.6 Å². The van der Waals surface area contributed by atoms with Crippen molar-refractivity contribution < 1.29 is 23.5 Å². The lowest BCUT2D eigenvalue weighted by Crippen LogP contribution is -2.30. The first kappa shape index (κ1) is 19.5. The minimum absolute atomic E-state index is 0.112. The number of nitrogens with one attached hydrogen (secondary N) is 1. The third kappa shape index (κ3) is 4.72. The summed E-state index contributed by atoms with van der Waals surface area (Å²) >= 11 is 1.29. The van der Waals surface area contributed by atoms with Gasteiger partial charge in [0, 0.05) is 16.6 Å². The molecule has 0 radical (unpaired) electrons. The standard InChI is InChI=1S/C20H17FN2O4S/c1-12(18(24)22-15-5-3-4-14(21)10-15)27-20(25)17-11-28-19(23-17)13-6-8-16(26-2)9-7-13/h3-12H,1-2H3,(H,22,24). The van der Waals surface area contributed by atoms with E-state index in [-0.39, 0.29) is 11.4 Å². The molecule has 0 bridgehead atoms. The zero-order valence-electron chi connectivity index (χ0n) is 15.1. The third-order valence-electron chi connectivity index (χ3n) is 3.80. The van der Waals surface area contributed by atoms with Gasteiger partial charge < -0.3 is 14.8 Å². The van der Waals surface area contributed by atoms with Crippen molar-refractivity contribution in [1.29, 1.82) is 0 Å². The molecule has 1 unspecified atom stereocenters. The fourth-order valence-electron chi connectivity index (χ4n) is 2.32. The Hall–Kier alpha value is -3.26. The fraction of sp³-hybridized carbons (Fsp3) is 0.150. The highest BCUT2D eigenvalue weighted by Gasteiger charge is 2.21. The topological polar surface area (TPSA) is 77.5 Å². The molecule has 3 aromatic rings. The number of aromatic nitrogens is 1. The summed E-state index contributed by atoms with van der Waals surface area (Å²) in [7, 11) is 1.58. The Morgan fingerprint density at radius 2 is 1.93 bits per heavy atom. The van der Waals surface area contributed by atoms with Gasteiger partial charge in [0.15, 0.2) is 11.8 Å². The van der Waals surface area contributed by atoms with E-state index in [4.69, 9.17) is 9.47 Å². The van der Waals surface area contributed by atoms with Gasteiger partial charge in [-0.3, -0.25) is 4.79 Å². The number of amides is 1. The molecule has 0 spiro atoms. The van der Waals surface area contributed by atoms with Crippen molar-refractivity contribution >= 4 is 28.9 Å². The number of hydrogen-bond donors (Lipinski definition) is 1. The normalized spacial score (nSPS) is 11.5. The molecule has 0 fully saturated rings. The first-order valence-electron chi connectivity index (χ1n) is 8.33. The number of esters is 1. The van der Waals surface area contributed by atoms with Crippen molar-refractivity contribution in [3.63, 3.8) is 0 Å². The highest BCUT2D eigenvalue weighted by Crippen LogP contribution is 2.26. The minimum atomic E-state index is -1.07. The number of carbonyl (C=O) groups is 2. The van der Waals surface area contributed by atoms with Crippen molar-refractivity contribution in [2.45, 2.75) is 13.0 Å². The number of anilines is 1. The summed E-state index contributed by atoms with van der Waals surface area (Å²) in [4.78, 5) is 28.7. The molecular formula is C20H17FN2O4S. The van der Waals surface area contributed by atoms with Crippen LogP contribution in [0.2, 0.25) is 0 Å². The number of benzene rings is 2. The molecule has 6 nitrogen and oxygen atoms in total. The molecule has 2 aromatic carbocycles. The Labute approximate surface area is 164 Å². The van der Waals surface area contributed by atoms with Gasteiger partial charge in [-0.1, -0.05) is 6.07 Å². The van der Waals surface area contributed by atoms with Crippen LogP contribution in [0.4, 0.5) is 10.1 Å². The van der Waals surface area contributed by atoms with Gasteiger partial charge in [0.1, 0.15) is 16.6 Å². The van der Waals surface area contributed by atoms with Crippen LogP contribution >= 0.6 is 11.3 Å². The van der Waals surface area contributed by atoms with E-state index in [1.165, 1.54) is 42.5 Å². The second kappa shape index (κ2) is 8.62. The summed E-state index contributed by atoms with van der Waals surface area (Å²) in [6.07, 6.45) is -1.07. The summed E-state index contributed by atoms with van der Waals surface area (Å²) in [6.45, 7) is 1.43. The van der Waals surface area contributed by atoms with E-state index in [0.29, 0.717) is 5.01 Å². The average Bonchev–Trinajstić information content (AvgIpc) is 3.18. The van der Waals surface area contributed by atoms with Crippen LogP contribution in [0.5, 0.6) is 5.75 Å². The highest BCUT2D eigenvalue weighted by atomic mass is 32.1. The number of rotatable bonds is 6. The second-order valence-corrected chi connectivity index (χ2v) is 6.67. The number of ether oxygens (including phenoxy) is 2. The SMILES string of the molecule is COc1ccc(-c2nc(C(=O)OC(C)C(=O)Nc3cccc(F)c3)cs2)cc1. The van der Waals surface area contributed by atoms with Crippen molar-refractivity contribution in [2.24, 2.45) is 0 Å². The maximum absolute atomic E-state index is 13.2. The molecular weight excluding hydrogens is 383 g/mol. The molecule has 1 heterocycles. The Morgan fingerprint density at radius 3 is 2.61 bits per heavy atom. The van der Waals surface area contributed by atoms with Crippen LogP contribution in [0.1, 0.15) is 17.4 Å². The Balaban J connectivity index is 1.62. The smallest absolute Gasteiger partial charge is 0.358 e. The lowest BCUT2D eigenvalue weighted by Gasteiger charge is -2.12. The van der Waals surface area contributed by atoms with Crippen LogP contribution in [-0.2, 0) is 9.53 Å². The average molecular weight is 400 g/mol. The highest BCUT2D eigenvalue weighted by molar-refractivity contribution is 7.13. The summed E-state index contributed by atoms with van der Waals surface area (Å²) < 4.78 is 23.5. The van der Waals surface area contributed by atoms with Crippen molar-refractivity contribution in [1.82, 2.24) is 4.98 Å². The predicted molar refractivity (Wildman–Crippen MR) is 104 cm³/mol. The van der Waals surface area contributed by atoms with Crippen LogP contribution < -0.4 is 10.1 Å². The van der Waals surface area contributed by atoms with Gasteiger partial charge in [0.05, 0.1) is 7.11 Å². The number of thiazole rings is 1. The zero-order valence-corrected chi connectivity index (χ0v) is 16.0. The van der Waals surface area contributed by atoms with Crippen LogP contribution in [0.15, 0.2) is 53.9 Å². The van der Waals surface area contributed by atoms with Crippen LogP contribution in [0.3, 0.4) is 0 Å². The molecule has 1 aromatic heterocycles. The fourth-order valence-corrected chi connectivity index (χ4v) is 3.11. The van der Waals surface area contributed by atoms with Crippen LogP contribution in [-0.4, -0.2) is 30.1 Å². The lowest BCUT2D eigenvalue weighted by atomic mass is 10.2. The van der Waals surface area contributed by atoms with E-state index < -0.39 is 23.8 Å². The Bertz CT molecular complexity index is 988. The van der Waals surface area contributed by atoms with Gasteiger partial charge in [-0.2, -0.15) is 0 Å². The monoisotopic (exact) mass is 400 g/mol. The maximum Gasteiger partial charge on any atom is 0.358 e. The summed E-state index contributed by atoms with van der Waals surface area (Å²) in [5.74, 6) is -1.03. The minimum Gasteiger partial charge on any atom is -0.497 e. The number of halogens is 1. The first-order chi connectivity index (χ1) is 13.5. The van der Waals surface area contributed by atoms with Gasteiger partial charge in [-0.15, -0.1) is 11.3 Å². The van der Waals surface area contributed by atoms with Gasteiger partial charge in [-0.25, -0.2) is 14.2 Å². The van der Waals surface area contributed by atoms with E-state index >= 15 is 0 Å². The van der Waals surface area contributed by atoms with E-state index in [9.17, 15) is 14.0 Å². The van der Waals surface area contributed by atoms with Gasteiger partial charge in [0.25, 0.3) is 5.91 Å². The van der Waals surface area contributed by atoms with Gasteiger partial charge in [0.2, 0.25) is 0 Å². The molecule has 0 aliphatic rings. The number of hydrogen-bond acceptors (Lipinski definition) is 6. The van der Waals surface area contributed by atoms with Gasteiger partial charge >= 0.3 is 5.97 Å². The number of carbonyl (C=O) groups excluding carboxylic acids is 2. The summed E-state index contributed by atoms with van der Waals surface area (Å²) in [6, 6.07) is 12.7. The summed E-state index contributed by atoms with van der Waals surface area (Å²) in [5, 5.41) is 4.71. The predicted octanol–water partition coefficient (Wildman–Crippen LogP) is 4.14. The lowest BCUT2D eigenvalue weighted by molar-refractivity contribution is -0.123. The third-order valence-corrected chi connectivity index (χ3v) is 4.69. The molecule has 1 atom stereocenters.